The number of hydrogen-bond donors (Lipinski definition) is 3. The predicted molar refractivity (Wildman–Crippen MR) is 60.2 cm³/mol. The number of aromatic nitrogens is 3. The van der Waals surface area contributed by atoms with Gasteiger partial charge in [-0.15, -0.1) is 0 Å². The van der Waals surface area contributed by atoms with Gasteiger partial charge in [0.05, 0.1) is 16.9 Å². The molecule has 0 aliphatic heterocycles. The van der Waals surface area contributed by atoms with E-state index in [1.54, 1.807) is 12.1 Å². The molecule has 0 unspecified atom stereocenters. The van der Waals surface area contributed by atoms with E-state index >= 15 is 0 Å². The van der Waals surface area contributed by atoms with Crippen molar-refractivity contribution in [2.24, 2.45) is 0 Å². The lowest BCUT2D eigenvalue weighted by Gasteiger charge is -2.02. The minimum atomic E-state index is -0.398. The van der Waals surface area contributed by atoms with Crippen molar-refractivity contribution in [3.63, 3.8) is 0 Å². The Kier molecular flexibility index (Phi) is 2.74. The van der Waals surface area contributed by atoms with E-state index in [0.29, 0.717) is 10.8 Å². The molecule has 0 fully saturated rings. The van der Waals surface area contributed by atoms with Crippen molar-refractivity contribution in [3.8, 4) is 0 Å². The molecule has 7 heteroatoms. The van der Waals surface area contributed by atoms with Gasteiger partial charge in [-0.05, 0) is 12.1 Å². The number of nitrogens with one attached hydrogen (secondary N) is 2. The molecule has 0 radical (unpaired) electrons. The van der Waals surface area contributed by atoms with E-state index in [4.69, 9.17) is 17.3 Å². The van der Waals surface area contributed by atoms with Crippen LogP contribution in [0.3, 0.4) is 0 Å². The van der Waals surface area contributed by atoms with Crippen molar-refractivity contribution >= 4 is 29.0 Å². The third-order valence-electron chi connectivity index (χ3n) is 1.86. The number of H-pyrrole nitrogens is 1. The molecule has 16 heavy (non-hydrogen) atoms. The topological polar surface area (TPSA) is 96.7 Å². The average molecular weight is 238 g/mol. The van der Waals surface area contributed by atoms with Gasteiger partial charge >= 0.3 is 0 Å². The van der Waals surface area contributed by atoms with Crippen LogP contribution in [0.5, 0.6) is 0 Å². The zero-order valence-electron chi connectivity index (χ0n) is 8.07. The standard InChI is InChI=1S/C9H8ClN5O/c10-5-1-2-7(12-3-5)14-9(16)8-6(11)4-13-15-8/h1-4H,11H2,(H,13,15)(H,12,14,16). The number of carbonyl (C=O) groups excluding carboxylic acids is 1. The molecule has 0 atom stereocenters. The number of hydrogen-bond acceptors (Lipinski definition) is 4. The molecule has 2 heterocycles. The molecule has 4 N–H and O–H groups in total. The van der Waals surface area contributed by atoms with Crippen LogP contribution in [0.4, 0.5) is 11.5 Å². The first-order valence-corrected chi connectivity index (χ1v) is 4.76. The van der Waals surface area contributed by atoms with Gasteiger partial charge in [-0.3, -0.25) is 9.89 Å². The van der Waals surface area contributed by atoms with E-state index in [0.717, 1.165) is 0 Å². The van der Waals surface area contributed by atoms with Crippen LogP contribution in [-0.2, 0) is 0 Å². The number of pyridine rings is 1. The molecular formula is C9H8ClN5O. The Balaban J connectivity index is 2.14. The summed E-state index contributed by atoms with van der Waals surface area (Å²) in [6.45, 7) is 0. The van der Waals surface area contributed by atoms with Crippen molar-refractivity contribution in [2.75, 3.05) is 11.1 Å². The molecule has 2 aromatic rings. The van der Waals surface area contributed by atoms with Crippen molar-refractivity contribution in [2.45, 2.75) is 0 Å². The Morgan fingerprint density at radius 1 is 1.44 bits per heavy atom. The van der Waals surface area contributed by atoms with Crippen LogP contribution in [-0.4, -0.2) is 21.1 Å². The number of aromatic amines is 1. The van der Waals surface area contributed by atoms with Gasteiger partial charge in [0.25, 0.3) is 5.91 Å². The monoisotopic (exact) mass is 237 g/mol. The predicted octanol–water partition coefficient (Wildman–Crippen LogP) is 1.29. The fourth-order valence-electron chi connectivity index (χ4n) is 1.11. The van der Waals surface area contributed by atoms with Gasteiger partial charge < -0.3 is 11.1 Å². The highest BCUT2D eigenvalue weighted by molar-refractivity contribution is 6.30. The minimum absolute atomic E-state index is 0.205. The summed E-state index contributed by atoms with van der Waals surface area (Å²) < 4.78 is 0. The molecule has 0 spiro atoms. The van der Waals surface area contributed by atoms with Gasteiger partial charge in [0.1, 0.15) is 11.5 Å². The molecule has 82 valence electrons. The summed E-state index contributed by atoms with van der Waals surface area (Å²) in [6.07, 6.45) is 2.80. The van der Waals surface area contributed by atoms with Crippen LogP contribution in [0.15, 0.2) is 24.5 Å². The Labute approximate surface area is 95.8 Å². The minimum Gasteiger partial charge on any atom is -0.396 e. The lowest BCUT2D eigenvalue weighted by molar-refractivity contribution is 0.102. The summed E-state index contributed by atoms with van der Waals surface area (Å²) in [5, 5.41) is 9.19. The van der Waals surface area contributed by atoms with Gasteiger partial charge in [-0.1, -0.05) is 11.6 Å². The number of nitrogens with two attached hydrogens (primary N) is 1. The summed E-state index contributed by atoms with van der Waals surface area (Å²) >= 11 is 5.66. The maximum absolute atomic E-state index is 11.6. The molecule has 0 aromatic carbocycles. The van der Waals surface area contributed by atoms with Gasteiger partial charge in [-0.2, -0.15) is 5.10 Å². The highest BCUT2D eigenvalue weighted by Crippen LogP contribution is 2.12. The van der Waals surface area contributed by atoms with E-state index in [1.165, 1.54) is 12.4 Å². The van der Waals surface area contributed by atoms with Crippen molar-refractivity contribution < 1.29 is 4.79 Å². The second-order valence-electron chi connectivity index (χ2n) is 3.02. The molecule has 6 nitrogen and oxygen atoms in total. The zero-order valence-corrected chi connectivity index (χ0v) is 8.82. The summed E-state index contributed by atoms with van der Waals surface area (Å²) in [5.74, 6) is -0.00628. The number of halogens is 1. The molecule has 1 amide bonds. The van der Waals surface area contributed by atoms with Gasteiger partial charge in [0, 0.05) is 6.20 Å². The van der Waals surface area contributed by atoms with Crippen LogP contribution in [0.1, 0.15) is 10.5 Å². The maximum Gasteiger partial charge on any atom is 0.276 e. The molecule has 0 aliphatic carbocycles. The first-order chi connectivity index (χ1) is 7.66. The first-order valence-electron chi connectivity index (χ1n) is 4.38. The smallest absolute Gasteiger partial charge is 0.276 e. The number of carbonyl (C=O) groups is 1. The summed E-state index contributed by atoms with van der Waals surface area (Å²) in [6, 6.07) is 3.22. The fraction of sp³-hybridized carbons (Fsp3) is 0. The van der Waals surface area contributed by atoms with Crippen molar-refractivity contribution in [3.05, 3.63) is 35.2 Å². The second-order valence-corrected chi connectivity index (χ2v) is 3.45. The third-order valence-corrected chi connectivity index (χ3v) is 2.09. The van der Waals surface area contributed by atoms with Gasteiger partial charge in [-0.25, -0.2) is 4.98 Å². The fourth-order valence-corrected chi connectivity index (χ4v) is 1.22. The van der Waals surface area contributed by atoms with Crippen molar-refractivity contribution in [1.29, 1.82) is 0 Å². The largest absolute Gasteiger partial charge is 0.396 e. The van der Waals surface area contributed by atoms with E-state index < -0.39 is 5.91 Å². The van der Waals surface area contributed by atoms with Crippen LogP contribution in [0, 0.1) is 0 Å². The lowest BCUT2D eigenvalue weighted by Crippen LogP contribution is -2.14. The number of amides is 1. The molecular weight excluding hydrogens is 230 g/mol. The Hall–Kier alpha value is -2.08. The van der Waals surface area contributed by atoms with E-state index in [1.807, 2.05) is 0 Å². The highest BCUT2D eigenvalue weighted by Gasteiger charge is 2.11. The SMILES string of the molecule is Nc1cn[nH]c1C(=O)Nc1ccc(Cl)cn1. The third kappa shape index (κ3) is 2.12. The summed E-state index contributed by atoms with van der Waals surface area (Å²) in [4.78, 5) is 15.6. The Morgan fingerprint density at radius 3 is 2.81 bits per heavy atom. The van der Waals surface area contributed by atoms with E-state index in [2.05, 4.69) is 20.5 Å². The van der Waals surface area contributed by atoms with Crippen molar-refractivity contribution in [1.82, 2.24) is 15.2 Å². The Morgan fingerprint density at radius 2 is 2.25 bits per heavy atom. The lowest BCUT2D eigenvalue weighted by atomic mass is 10.3. The number of anilines is 2. The quantitative estimate of drug-likeness (QED) is 0.733. The molecule has 2 rings (SSSR count). The molecule has 0 bridgehead atoms. The number of rotatable bonds is 2. The molecule has 2 aromatic heterocycles. The molecule has 0 saturated heterocycles. The van der Waals surface area contributed by atoms with Crippen LogP contribution in [0.2, 0.25) is 5.02 Å². The average Bonchev–Trinajstić information content (AvgIpc) is 2.68. The van der Waals surface area contributed by atoms with Crippen LogP contribution in [0.25, 0.3) is 0 Å². The second kappa shape index (κ2) is 4.19. The van der Waals surface area contributed by atoms with Gasteiger partial charge in [0.2, 0.25) is 0 Å². The zero-order chi connectivity index (χ0) is 11.5. The van der Waals surface area contributed by atoms with E-state index in [9.17, 15) is 4.79 Å². The number of nitrogens with zero attached hydrogens (tertiary/aromatic N) is 2. The summed E-state index contributed by atoms with van der Waals surface area (Å²) in [7, 11) is 0. The first kappa shape index (κ1) is 10.4. The van der Waals surface area contributed by atoms with Crippen LogP contribution < -0.4 is 11.1 Å². The molecule has 0 saturated carbocycles. The Bertz CT molecular complexity index is 507. The number of nitrogen functional groups attached to an aromatic ring is 1. The van der Waals surface area contributed by atoms with Crippen LogP contribution >= 0.6 is 11.6 Å². The molecule has 0 aliphatic rings. The van der Waals surface area contributed by atoms with E-state index in [-0.39, 0.29) is 11.4 Å². The normalized spacial score (nSPS) is 10.1. The maximum atomic E-state index is 11.6. The van der Waals surface area contributed by atoms with Gasteiger partial charge in [0.15, 0.2) is 0 Å². The summed E-state index contributed by atoms with van der Waals surface area (Å²) in [5.41, 5.74) is 6.01. The highest BCUT2D eigenvalue weighted by atomic mass is 35.5.